The molecule has 2 heterocycles. The lowest BCUT2D eigenvalue weighted by Crippen LogP contribution is -2.40. The predicted octanol–water partition coefficient (Wildman–Crippen LogP) is -0.491. The van der Waals surface area contributed by atoms with Crippen molar-refractivity contribution >= 4 is 15.7 Å². The lowest BCUT2D eigenvalue weighted by molar-refractivity contribution is -0.129. The van der Waals surface area contributed by atoms with Crippen molar-refractivity contribution in [3.63, 3.8) is 0 Å². The summed E-state index contributed by atoms with van der Waals surface area (Å²) in [6.07, 6.45) is 3.75. The summed E-state index contributed by atoms with van der Waals surface area (Å²) in [4.78, 5) is 13.5. The minimum absolute atomic E-state index is 0.0650. The van der Waals surface area contributed by atoms with Crippen LogP contribution in [-0.2, 0) is 14.6 Å². The number of likely N-dealkylation sites (tertiary alicyclic amines) is 1. The molecule has 1 fully saturated rings. The number of carbonyl (C=O) groups is 1. The molecular formula is C10H16N2O3S. The number of carbonyl (C=O) groups excluding carboxylic acids is 1. The summed E-state index contributed by atoms with van der Waals surface area (Å²) in [7, 11) is -3.03. The van der Waals surface area contributed by atoms with E-state index < -0.39 is 9.84 Å². The number of amides is 1. The number of nitrogens with zero attached hydrogens (tertiary/aromatic N) is 1. The first-order valence-electron chi connectivity index (χ1n) is 5.49. The first-order valence-corrected chi connectivity index (χ1v) is 7.20. The highest BCUT2D eigenvalue weighted by molar-refractivity contribution is 7.94. The Morgan fingerprint density at radius 1 is 1.38 bits per heavy atom. The average molecular weight is 244 g/mol. The van der Waals surface area contributed by atoms with Crippen molar-refractivity contribution in [1.82, 2.24) is 10.2 Å². The van der Waals surface area contributed by atoms with Crippen molar-refractivity contribution in [2.45, 2.75) is 18.9 Å². The molecule has 1 atom stereocenters. The SMILES string of the molecule is O=C(CNC1C=CS(=O)(=O)C1)N1CCCC1. The van der Waals surface area contributed by atoms with Gasteiger partial charge in [-0.25, -0.2) is 8.42 Å². The predicted molar refractivity (Wildman–Crippen MR) is 60.5 cm³/mol. The Balaban J connectivity index is 1.76. The number of sulfone groups is 1. The Hall–Kier alpha value is -0.880. The fourth-order valence-electron chi connectivity index (χ4n) is 2.00. The number of nitrogens with one attached hydrogen (secondary N) is 1. The third-order valence-corrected chi connectivity index (χ3v) is 4.30. The van der Waals surface area contributed by atoms with E-state index in [1.54, 1.807) is 6.08 Å². The smallest absolute Gasteiger partial charge is 0.236 e. The molecule has 1 amide bonds. The minimum Gasteiger partial charge on any atom is -0.342 e. The summed E-state index contributed by atoms with van der Waals surface area (Å²) in [5.41, 5.74) is 0. The van der Waals surface area contributed by atoms with E-state index >= 15 is 0 Å². The van der Waals surface area contributed by atoms with Crippen LogP contribution in [0.15, 0.2) is 11.5 Å². The molecule has 0 spiro atoms. The van der Waals surface area contributed by atoms with Crippen LogP contribution in [0.5, 0.6) is 0 Å². The van der Waals surface area contributed by atoms with Gasteiger partial charge in [0.25, 0.3) is 0 Å². The monoisotopic (exact) mass is 244 g/mol. The molecule has 0 aromatic rings. The maximum atomic E-state index is 11.7. The first kappa shape index (κ1) is 11.6. The van der Waals surface area contributed by atoms with Crippen LogP contribution < -0.4 is 5.32 Å². The Kier molecular flexibility index (Phi) is 3.30. The van der Waals surface area contributed by atoms with Gasteiger partial charge in [0, 0.05) is 24.5 Å². The number of rotatable bonds is 3. The number of hydrogen-bond donors (Lipinski definition) is 1. The molecule has 16 heavy (non-hydrogen) atoms. The molecule has 0 radical (unpaired) electrons. The molecule has 0 saturated carbocycles. The van der Waals surface area contributed by atoms with Crippen LogP contribution in [0.3, 0.4) is 0 Å². The molecule has 1 unspecified atom stereocenters. The zero-order valence-electron chi connectivity index (χ0n) is 9.05. The van der Waals surface area contributed by atoms with E-state index in [1.807, 2.05) is 4.90 Å². The van der Waals surface area contributed by atoms with E-state index in [9.17, 15) is 13.2 Å². The lowest BCUT2D eigenvalue weighted by Gasteiger charge is -2.17. The van der Waals surface area contributed by atoms with E-state index in [-0.39, 0.29) is 24.2 Å². The highest BCUT2D eigenvalue weighted by atomic mass is 32.2. The molecule has 2 rings (SSSR count). The molecule has 2 aliphatic rings. The summed E-state index contributed by atoms with van der Waals surface area (Å²) in [6.45, 7) is 1.89. The standard InChI is InChI=1S/C10H16N2O3S/c13-10(12-4-1-2-5-12)7-11-9-3-6-16(14,15)8-9/h3,6,9,11H,1-2,4-5,7-8H2. The average Bonchev–Trinajstić information content (AvgIpc) is 2.83. The summed E-state index contributed by atoms with van der Waals surface area (Å²) in [5, 5.41) is 4.17. The van der Waals surface area contributed by atoms with E-state index in [2.05, 4.69) is 5.32 Å². The van der Waals surface area contributed by atoms with Gasteiger partial charge in [-0.15, -0.1) is 0 Å². The van der Waals surface area contributed by atoms with Crippen molar-refractivity contribution in [1.29, 1.82) is 0 Å². The second kappa shape index (κ2) is 4.55. The molecule has 2 aliphatic heterocycles. The van der Waals surface area contributed by atoms with E-state index in [4.69, 9.17) is 0 Å². The van der Waals surface area contributed by atoms with Gasteiger partial charge >= 0.3 is 0 Å². The van der Waals surface area contributed by atoms with Crippen LogP contribution in [0.2, 0.25) is 0 Å². The van der Waals surface area contributed by atoms with Crippen LogP contribution in [0.4, 0.5) is 0 Å². The van der Waals surface area contributed by atoms with Crippen LogP contribution >= 0.6 is 0 Å². The van der Waals surface area contributed by atoms with Crippen molar-refractivity contribution < 1.29 is 13.2 Å². The molecule has 5 nitrogen and oxygen atoms in total. The Morgan fingerprint density at radius 2 is 2.06 bits per heavy atom. The van der Waals surface area contributed by atoms with Crippen LogP contribution in [0.1, 0.15) is 12.8 Å². The summed E-state index contributed by atoms with van der Waals surface area (Å²) >= 11 is 0. The van der Waals surface area contributed by atoms with Gasteiger partial charge in [-0.3, -0.25) is 4.79 Å². The fraction of sp³-hybridized carbons (Fsp3) is 0.700. The van der Waals surface area contributed by atoms with Crippen molar-refractivity contribution in [2.24, 2.45) is 0 Å². The molecule has 0 aromatic carbocycles. The van der Waals surface area contributed by atoms with Gasteiger partial charge in [-0.05, 0) is 12.8 Å². The Morgan fingerprint density at radius 3 is 2.62 bits per heavy atom. The first-order chi connectivity index (χ1) is 7.57. The van der Waals surface area contributed by atoms with Gasteiger partial charge in [-0.1, -0.05) is 6.08 Å². The van der Waals surface area contributed by atoms with E-state index in [1.165, 1.54) is 5.41 Å². The third kappa shape index (κ3) is 2.82. The van der Waals surface area contributed by atoms with Gasteiger partial charge in [0.15, 0.2) is 9.84 Å². The zero-order valence-corrected chi connectivity index (χ0v) is 9.87. The Bertz CT molecular complexity index is 396. The van der Waals surface area contributed by atoms with Crippen LogP contribution in [0.25, 0.3) is 0 Å². The lowest BCUT2D eigenvalue weighted by atomic mass is 10.3. The topological polar surface area (TPSA) is 66.5 Å². The quantitative estimate of drug-likeness (QED) is 0.727. The molecule has 0 aromatic heterocycles. The molecule has 6 heteroatoms. The molecule has 1 saturated heterocycles. The van der Waals surface area contributed by atoms with Gasteiger partial charge in [0.1, 0.15) is 0 Å². The van der Waals surface area contributed by atoms with Crippen LogP contribution in [-0.4, -0.2) is 50.7 Å². The fourth-order valence-corrected chi connectivity index (χ4v) is 3.27. The van der Waals surface area contributed by atoms with E-state index in [0.29, 0.717) is 0 Å². The second-order valence-electron chi connectivity index (χ2n) is 4.23. The van der Waals surface area contributed by atoms with Gasteiger partial charge in [-0.2, -0.15) is 0 Å². The molecule has 90 valence electrons. The van der Waals surface area contributed by atoms with E-state index in [0.717, 1.165) is 25.9 Å². The Labute approximate surface area is 95.4 Å². The van der Waals surface area contributed by atoms with Gasteiger partial charge < -0.3 is 10.2 Å². The van der Waals surface area contributed by atoms with Crippen LogP contribution in [0, 0.1) is 0 Å². The molecular weight excluding hydrogens is 228 g/mol. The molecule has 1 N–H and O–H groups in total. The zero-order chi connectivity index (χ0) is 11.6. The highest BCUT2D eigenvalue weighted by Gasteiger charge is 2.23. The number of hydrogen-bond acceptors (Lipinski definition) is 4. The molecule has 0 aliphatic carbocycles. The normalized spacial score (nSPS) is 27.5. The maximum absolute atomic E-state index is 11.7. The minimum atomic E-state index is -3.03. The van der Waals surface area contributed by atoms with Gasteiger partial charge in [0.2, 0.25) is 5.91 Å². The van der Waals surface area contributed by atoms with Crippen molar-refractivity contribution in [3.05, 3.63) is 11.5 Å². The van der Waals surface area contributed by atoms with Crippen molar-refractivity contribution in [2.75, 3.05) is 25.4 Å². The largest absolute Gasteiger partial charge is 0.342 e. The van der Waals surface area contributed by atoms with Crippen molar-refractivity contribution in [3.8, 4) is 0 Å². The highest BCUT2D eigenvalue weighted by Crippen LogP contribution is 2.09. The van der Waals surface area contributed by atoms with Gasteiger partial charge in [0.05, 0.1) is 12.3 Å². The third-order valence-electron chi connectivity index (χ3n) is 2.90. The maximum Gasteiger partial charge on any atom is 0.236 e. The summed E-state index contributed by atoms with van der Waals surface area (Å²) < 4.78 is 22.2. The molecule has 0 bridgehead atoms. The summed E-state index contributed by atoms with van der Waals surface area (Å²) in [6, 6.07) is -0.212. The second-order valence-corrected chi connectivity index (χ2v) is 6.16. The summed E-state index contributed by atoms with van der Waals surface area (Å²) in [5.74, 6) is 0.135.